The Morgan fingerprint density at radius 3 is 2.65 bits per heavy atom. The maximum absolute atomic E-state index is 12.4. The number of nitrogens with zero attached hydrogens (tertiary/aromatic N) is 2. The lowest BCUT2D eigenvalue weighted by Gasteiger charge is -2.01. The summed E-state index contributed by atoms with van der Waals surface area (Å²) in [5.41, 5.74) is 1.90. The van der Waals surface area contributed by atoms with E-state index in [2.05, 4.69) is 26.2 Å². The van der Waals surface area contributed by atoms with E-state index in [-0.39, 0.29) is 11.3 Å². The Morgan fingerprint density at radius 2 is 2.00 bits per heavy atom. The van der Waals surface area contributed by atoms with Gasteiger partial charge in [0.2, 0.25) is 0 Å². The van der Waals surface area contributed by atoms with E-state index < -0.39 is 10.8 Å². The lowest BCUT2D eigenvalue weighted by atomic mass is 10.1. The van der Waals surface area contributed by atoms with Crippen LogP contribution in [0, 0.1) is 10.1 Å². The van der Waals surface area contributed by atoms with Gasteiger partial charge in [-0.1, -0.05) is 41.1 Å². The molecule has 3 rings (SSSR count). The normalized spacial score (nSPS) is 10.5. The van der Waals surface area contributed by atoms with Gasteiger partial charge in [-0.25, -0.2) is 4.98 Å². The van der Waals surface area contributed by atoms with Crippen molar-refractivity contribution in [1.29, 1.82) is 0 Å². The first-order chi connectivity index (χ1) is 12.5. The number of aryl methyl sites for hydroxylation is 1. The van der Waals surface area contributed by atoms with Gasteiger partial charge in [-0.05, 0) is 24.6 Å². The molecule has 0 spiro atoms. The molecule has 8 heteroatoms. The van der Waals surface area contributed by atoms with Crippen molar-refractivity contribution in [2.45, 2.75) is 13.3 Å². The fourth-order valence-electron chi connectivity index (χ4n) is 2.41. The summed E-state index contributed by atoms with van der Waals surface area (Å²) in [5.74, 6) is -0.424. The molecule has 1 heterocycles. The molecule has 1 N–H and O–H groups in total. The maximum Gasteiger partial charge on any atom is 0.270 e. The zero-order valence-electron chi connectivity index (χ0n) is 13.7. The second-order valence-corrected chi connectivity index (χ2v) is 7.41. The second kappa shape index (κ2) is 7.76. The number of nitro benzene ring substituents is 1. The van der Waals surface area contributed by atoms with Gasteiger partial charge in [0.15, 0.2) is 5.13 Å². The molecule has 0 aliphatic carbocycles. The molecule has 0 fully saturated rings. The Labute approximate surface area is 162 Å². The first-order valence-corrected chi connectivity index (χ1v) is 9.40. The molecule has 3 aromatic rings. The third-order valence-corrected chi connectivity index (χ3v) is 5.32. The molecule has 0 saturated heterocycles. The van der Waals surface area contributed by atoms with E-state index in [0.29, 0.717) is 5.13 Å². The number of benzene rings is 2. The van der Waals surface area contributed by atoms with Crippen molar-refractivity contribution in [3.8, 4) is 11.3 Å². The monoisotopic (exact) mass is 431 g/mol. The molecule has 0 atom stereocenters. The molecule has 26 heavy (non-hydrogen) atoms. The molecule has 2 aromatic carbocycles. The highest BCUT2D eigenvalue weighted by atomic mass is 79.9. The van der Waals surface area contributed by atoms with E-state index in [9.17, 15) is 14.9 Å². The Balaban J connectivity index is 1.86. The number of carbonyl (C=O) groups is 1. The zero-order valence-corrected chi connectivity index (χ0v) is 16.1. The smallest absolute Gasteiger partial charge is 0.270 e. The topological polar surface area (TPSA) is 85.1 Å². The van der Waals surface area contributed by atoms with Crippen molar-refractivity contribution in [3.63, 3.8) is 0 Å². The summed E-state index contributed by atoms with van der Waals surface area (Å²) < 4.78 is 0.980. The van der Waals surface area contributed by atoms with Gasteiger partial charge >= 0.3 is 0 Å². The third kappa shape index (κ3) is 3.97. The summed E-state index contributed by atoms with van der Waals surface area (Å²) in [6, 6.07) is 13.4. The van der Waals surface area contributed by atoms with Crippen LogP contribution in [-0.4, -0.2) is 15.8 Å². The molecule has 0 aliphatic heterocycles. The number of nitrogens with one attached hydrogen (secondary N) is 1. The van der Waals surface area contributed by atoms with E-state index in [1.165, 1.54) is 35.6 Å². The predicted octanol–water partition coefficient (Wildman–Crippen LogP) is 5.30. The first kappa shape index (κ1) is 18.2. The molecule has 132 valence electrons. The van der Waals surface area contributed by atoms with Crippen molar-refractivity contribution in [3.05, 3.63) is 73.6 Å². The standard InChI is InChI=1S/C18H14BrN3O3S/c1-2-15-16(11-6-8-13(19)9-7-11)20-18(26-15)21-17(23)12-4-3-5-14(10-12)22(24)25/h3-10H,2H2,1H3,(H,20,21,23). The number of hydrogen-bond acceptors (Lipinski definition) is 5. The molecule has 6 nitrogen and oxygen atoms in total. The van der Waals surface area contributed by atoms with Crippen LogP contribution in [0.1, 0.15) is 22.2 Å². The average Bonchev–Trinajstić information content (AvgIpc) is 3.05. The van der Waals surface area contributed by atoms with Crippen LogP contribution in [0.2, 0.25) is 0 Å². The van der Waals surface area contributed by atoms with E-state index in [0.717, 1.165) is 27.0 Å². The molecular formula is C18H14BrN3O3S. The number of hydrogen-bond donors (Lipinski definition) is 1. The van der Waals surface area contributed by atoms with Crippen LogP contribution >= 0.6 is 27.3 Å². The van der Waals surface area contributed by atoms with Gasteiger partial charge in [-0.15, -0.1) is 11.3 Å². The summed E-state index contributed by atoms with van der Waals surface area (Å²) in [7, 11) is 0. The zero-order chi connectivity index (χ0) is 18.7. The number of halogens is 1. The Morgan fingerprint density at radius 1 is 1.27 bits per heavy atom. The van der Waals surface area contributed by atoms with E-state index in [4.69, 9.17) is 0 Å². The molecule has 1 amide bonds. The van der Waals surface area contributed by atoms with Crippen molar-refractivity contribution < 1.29 is 9.72 Å². The highest BCUT2D eigenvalue weighted by Gasteiger charge is 2.16. The molecule has 0 unspecified atom stereocenters. The second-order valence-electron chi connectivity index (χ2n) is 5.41. The van der Waals surface area contributed by atoms with Crippen LogP contribution in [0.3, 0.4) is 0 Å². The van der Waals surface area contributed by atoms with Gasteiger partial charge < -0.3 is 0 Å². The Bertz CT molecular complexity index is 970. The summed E-state index contributed by atoms with van der Waals surface area (Å²) in [6.45, 7) is 2.03. The summed E-state index contributed by atoms with van der Waals surface area (Å²) in [6.07, 6.45) is 0.787. The summed E-state index contributed by atoms with van der Waals surface area (Å²) >= 11 is 4.81. The Kier molecular flexibility index (Phi) is 5.43. The molecular weight excluding hydrogens is 418 g/mol. The summed E-state index contributed by atoms with van der Waals surface area (Å²) in [5, 5.41) is 14.1. The van der Waals surface area contributed by atoms with Crippen molar-refractivity contribution in [2.75, 3.05) is 5.32 Å². The molecule has 0 aliphatic rings. The SMILES string of the molecule is CCc1sc(NC(=O)c2cccc([N+](=O)[O-])c2)nc1-c1ccc(Br)cc1. The van der Waals surface area contributed by atoms with Crippen molar-refractivity contribution >= 4 is 44.0 Å². The van der Waals surface area contributed by atoms with Gasteiger partial charge in [0, 0.05) is 32.6 Å². The number of non-ortho nitro benzene ring substituents is 1. The van der Waals surface area contributed by atoms with Gasteiger partial charge in [0.05, 0.1) is 10.6 Å². The highest BCUT2D eigenvalue weighted by Crippen LogP contribution is 2.32. The molecule has 0 saturated carbocycles. The lowest BCUT2D eigenvalue weighted by molar-refractivity contribution is -0.384. The number of rotatable bonds is 5. The molecule has 1 aromatic heterocycles. The third-order valence-electron chi connectivity index (χ3n) is 3.68. The van der Waals surface area contributed by atoms with Gasteiger partial charge in [0.25, 0.3) is 11.6 Å². The predicted molar refractivity (Wildman–Crippen MR) is 106 cm³/mol. The fraction of sp³-hybridized carbons (Fsp3) is 0.111. The number of anilines is 1. The van der Waals surface area contributed by atoms with Crippen LogP contribution < -0.4 is 5.32 Å². The van der Waals surface area contributed by atoms with Gasteiger partial charge in [0.1, 0.15) is 0 Å². The quantitative estimate of drug-likeness (QED) is 0.438. The number of thiazole rings is 1. The first-order valence-electron chi connectivity index (χ1n) is 7.79. The largest absolute Gasteiger partial charge is 0.298 e. The summed E-state index contributed by atoms with van der Waals surface area (Å²) in [4.78, 5) is 28.3. The number of aromatic nitrogens is 1. The van der Waals surface area contributed by atoms with Crippen LogP contribution in [0.4, 0.5) is 10.8 Å². The Hall–Kier alpha value is -2.58. The van der Waals surface area contributed by atoms with Gasteiger partial charge in [-0.2, -0.15) is 0 Å². The van der Waals surface area contributed by atoms with E-state index >= 15 is 0 Å². The van der Waals surface area contributed by atoms with Crippen LogP contribution in [0.25, 0.3) is 11.3 Å². The molecule has 0 bridgehead atoms. The van der Waals surface area contributed by atoms with Crippen molar-refractivity contribution in [1.82, 2.24) is 4.98 Å². The molecule has 0 radical (unpaired) electrons. The highest BCUT2D eigenvalue weighted by molar-refractivity contribution is 9.10. The number of amides is 1. The maximum atomic E-state index is 12.4. The van der Waals surface area contributed by atoms with Gasteiger partial charge in [-0.3, -0.25) is 20.2 Å². The minimum Gasteiger partial charge on any atom is -0.298 e. The minimum absolute atomic E-state index is 0.124. The number of carbonyl (C=O) groups excluding carboxylic acids is 1. The average molecular weight is 432 g/mol. The van der Waals surface area contributed by atoms with E-state index in [1.807, 2.05) is 31.2 Å². The van der Waals surface area contributed by atoms with Crippen LogP contribution in [0.5, 0.6) is 0 Å². The lowest BCUT2D eigenvalue weighted by Crippen LogP contribution is -2.11. The fourth-order valence-corrected chi connectivity index (χ4v) is 3.59. The van der Waals surface area contributed by atoms with E-state index in [1.54, 1.807) is 0 Å². The van der Waals surface area contributed by atoms with Crippen LogP contribution in [-0.2, 0) is 6.42 Å². The number of nitro groups is 1. The van der Waals surface area contributed by atoms with Crippen molar-refractivity contribution in [2.24, 2.45) is 0 Å². The van der Waals surface area contributed by atoms with Crippen LogP contribution in [0.15, 0.2) is 53.0 Å². The minimum atomic E-state index is -0.527.